The van der Waals surface area contributed by atoms with Gasteiger partial charge in [-0.05, 0) is 23.8 Å². The Bertz CT molecular complexity index is 590. The van der Waals surface area contributed by atoms with Gasteiger partial charge in [-0.2, -0.15) is 18.3 Å². The molecule has 0 bridgehead atoms. The van der Waals surface area contributed by atoms with E-state index in [0.717, 1.165) is 12.1 Å². The molecular formula is C11H7F3N2S. The van der Waals surface area contributed by atoms with Crippen LogP contribution >= 0.6 is 12.2 Å². The Hall–Kier alpha value is -1.69. The zero-order valence-corrected chi connectivity index (χ0v) is 9.27. The summed E-state index contributed by atoms with van der Waals surface area (Å²) in [6, 6.07) is 6.61. The molecule has 0 amide bonds. The maximum absolute atomic E-state index is 12.5. The molecule has 0 unspecified atom stereocenters. The van der Waals surface area contributed by atoms with Crippen LogP contribution in [-0.4, -0.2) is 10.2 Å². The lowest BCUT2D eigenvalue weighted by molar-refractivity contribution is -0.137. The van der Waals surface area contributed by atoms with E-state index in [1.165, 1.54) is 12.3 Å². The predicted molar refractivity (Wildman–Crippen MR) is 59.9 cm³/mol. The third-order valence-corrected chi connectivity index (χ3v) is 2.40. The second-order valence-electron chi connectivity index (χ2n) is 3.41. The Morgan fingerprint density at radius 2 is 1.88 bits per heavy atom. The molecule has 0 spiro atoms. The van der Waals surface area contributed by atoms with E-state index in [0.29, 0.717) is 15.8 Å². The van der Waals surface area contributed by atoms with Crippen LogP contribution in [0.15, 0.2) is 36.5 Å². The van der Waals surface area contributed by atoms with Crippen LogP contribution < -0.4 is 0 Å². The zero-order valence-electron chi connectivity index (χ0n) is 8.45. The van der Waals surface area contributed by atoms with Crippen LogP contribution in [-0.2, 0) is 6.18 Å². The number of hydrogen-bond donors (Lipinski definition) is 1. The molecule has 0 radical (unpaired) electrons. The van der Waals surface area contributed by atoms with E-state index >= 15 is 0 Å². The van der Waals surface area contributed by atoms with Crippen molar-refractivity contribution >= 4 is 12.2 Å². The molecule has 2 rings (SSSR count). The number of H-pyrrole nitrogens is 1. The fourth-order valence-electron chi connectivity index (χ4n) is 1.41. The van der Waals surface area contributed by atoms with E-state index in [2.05, 4.69) is 10.2 Å². The normalized spacial score (nSPS) is 11.5. The molecule has 0 aliphatic rings. The largest absolute Gasteiger partial charge is 0.416 e. The van der Waals surface area contributed by atoms with Gasteiger partial charge in [-0.1, -0.05) is 24.4 Å². The van der Waals surface area contributed by atoms with Gasteiger partial charge in [0.2, 0.25) is 0 Å². The highest BCUT2D eigenvalue weighted by molar-refractivity contribution is 7.71. The molecule has 1 aromatic heterocycles. The van der Waals surface area contributed by atoms with Crippen LogP contribution in [0.2, 0.25) is 0 Å². The average molecular weight is 256 g/mol. The van der Waals surface area contributed by atoms with Crippen molar-refractivity contribution in [1.82, 2.24) is 10.2 Å². The molecular weight excluding hydrogens is 249 g/mol. The molecule has 17 heavy (non-hydrogen) atoms. The van der Waals surface area contributed by atoms with Gasteiger partial charge in [-0.15, -0.1) is 0 Å². The van der Waals surface area contributed by atoms with Crippen molar-refractivity contribution in [2.24, 2.45) is 0 Å². The Morgan fingerprint density at radius 3 is 2.53 bits per heavy atom. The van der Waals surface area contributed by atoms with E-state index in [4.69, 9.17) is 12.2 Å². The molecule has 0 aliphatic heterocycles. The SMILES string of the molecule is FC(F)(F)c1cccc(-c2cn[nH]c(=S)c2)c1. The Balaban J connectivity index is 2.51. The van der Waals surface area contributed by atoms with Crippen molar-refractivity contribution in [3.63, 3.8) is 0 Å². The number of alkyl halides is 3. The number of aromatic nitrogens is 2. The molecule has 2 aromatic rings. The van der Waals surface area contributed by atoms with Crippen LogP contribution in [0.5, 0.6) is 0 Å². The van der Waals surface area contributed by atoms with Gasteiger partial charge in [-0.3, -0.25) is 5.10 Å². The Kier molecular flexibility index (Phi) is 2.97. The van der Waals surface area contributed by atoms with Crippen molar-refractivity contribution in [3.05, 3.63) is 46.7 Å². The highest BCUT2D eigenvalue weighted by Gasteiger charge is 2.30. The summed E-state index contributed by atoms with van der Waals surface area (Å²) in [5.74, 6) is 0. The third-order valence-electron chi connectivity index (χ3n) is 2.19. The summed E-state index contributed by atoms with van der Waals surface area (Å²) < 4.78 is 37.9. The summed E-state index contributed by atoms with van der Waals surface area (Å²) in [5, 5.41) is 6.27. The fraction of sp³-hybridized carbons (Fsp3) is 0.0909. The summed E-state index contributed by atoms with van der Waals surface area (Å²) in [6.45, 7) is 0. The molecule has 1 heterocycles. The molecule has 88 valence electrons. The second-order valence-corrected chi connectivity index (χ2v) is 3.85. The summed E-state index contributed by atoms with van der Waals surface area (Å²) >= 11 is 4.87. The van der Waals surface area contributed by atoms with Crippen molar-refractivity contribution in [2.75, 3.05) is 0 Å². The molecule has 0 atom stereocenters. The van der Waals surface area contributed by atoms with E-state index in [1.54, 1.807) is 12.1 Å². The van der Waals surface area contributed by atoms with Gasteiger partial charge in [0.05, 0.1) is 11.8 Å². The number of rotatable bonds is 1. The zero-order chi connectivity index (χ0) is 12.5. The number of nitrogens with zero attached hydrogens (tertiary/aromatic N) is 1. The van der Waals surface area contributed by atoms with Crippen LogP contribution in [0.1, 0.15) is 5.56 Å². The molecule has 1 N–H and O–H groups in total. The molecule has 0 saturated heterocycles. The minimum Gasteiger partial charge on any atom is -0.268 e. The van der Waals surface area contributed by atoms with Gasteiger partial charge < -0.3 is 0 Å². The van der Waals surface area contributed by atoms with Gasteiger partial charge in [0.25, 0.3) is 0 Å². The Morgan fingerprint density at radius 1 is 1.12 bits per heavy atom. The van der Waals surface area contributed by atoms with Crippen LogP contribution in [0.25, 0.3) is 11.1 Å². The lowest BCUT2D eigenvalue weighted by Gasteiger charge is -2.08. The molecule has 0 fully saturated rings. The topological polar surface area (TPSA) is 28.7 Å². The van der Waals surface area contributed by atoms with Gasteiger partial charge in [0, 0.05) is 5.56 Å². The van der Waals surface area contributed by atoms with Gasteiger partial charge in [0.15, 0.2) is 0 Å². The number of benzene rings is 1. The summed E-state index contributed by atoms with van der Waals surface area (Å²) in [5.41, 5.74) is 0.307. The Labute approximate surface area is 100 Å². The van der Waals surface area contributed by atoms with Gasteiger partial charge in [-0.25, -0.2) is 0 Å². The highest BCUT2D eigenvalue weighted by atomic mass is 32.1. The van der Waals surface area contributed by atoms with Crippen molar-refractivity contribution in [2.45, 2.75) is 6.18 Å². The smallest absolute Gasteiger partial charge is 0.268 e. The number of aromatic amines is 1. The monoisotopic (exact) mass is 256 g/mol. The number of halogens is 3. The average Bonchev–Trinajstić information content (AvgIpc) is 2.28. The minimum atomic E-state index is -4.35. The second kappa shape index (κ2) is 4.29. The first-order valence-corrected chi connectivity index (χ1v) is 5.10. The highest BCUT2D eigenvalue weighted by Crippen LogP contribution is 2.31. The first-order chi connectivity index (χ1) is 7.97. The first-order valence-electron chi connectivity index (χ1n) is 4.69. The summed E-state index contributed by atoms with van der Waals surface area (Å²) in [6.07, 6.45) is -2.91. The molecule has 6 heteroatoms. The lowest BCUT2D eigenvalue weighted by atomic mass is 10.1. The van der Waals surface area contributed by atoms with Crippen LogP contribution in [0.4, 0.5) is 13.2 Å². The van der Waals surface area contributed by atoms with Crippen molar-refractivity contribution in [1.29, 1.82) is 0 Å². The number of nitrogens with one attached hydrogen (secondary N) is 1. The quantitative estimate of drug-likeness (QED) is 0.786. The molecule has 1 aromatic carbocycles. The van der Waals surface area contributed by atoms with Crippen LogP contribution in [0, 0.1) is 4.64 Å². The van der Waals surface area contributed by atoms with E-state index in [9.17, 15) is 13.2 Å². The predicted octanol–water partition coefficient (Wildman–Crippen LogP) is 3.82. The number of hydrogen-bond acceptors (Lipinski definition) is 2. The van der Waals surface area contributed by atoms with Crippen molar-refractivity contribution < 1.29 is 13.2 Å². The van der Waals surface area contributed by atoms with E-state index in [1.807, 2.05) is 0 Å². The van der Waals surface area contributed by atoms with Gasteiger partial charge in [0.1, 0.15) is 4.64 Å². The van der Waals surface area contributed by atoms with E-state index in [-0.39, 0.29) is 0 Å². The van der Waals surface area contributed by atoms with Crippen molar-refractivity contribution in [3.8, 4) is 11.1 Å². The van der Waals surface area contributed by atoms with Gasteiger partial charge >= 0.3 is 6.18 Å². The minimum absolute atomic E-state index is 0.375. The summed E-state index contributed by atoms with van der Waals surface area (Å²) in [7, 11) is 0. The lowest BCUT2D eigenvalue weighted by Crippen LogP contribution is -2.04. The van der Waals surface area contributed by atoms with E-state index < -0.39 is 11.7 Å². The maximum atomic E-state index is 12.5. The fourth-order valence-corrected chi connectivity index (χ4v) is 1.59. The standard InChI is InChI=1S/C11H7F3N2S/c12-11(13,14)9-3-1-2-7(4-9)8-5-10(17)16-15-6-8/h1-6H,(H,16,17). The first kappa shape index (κ1) is 11.8. The molecule has 0 aliphatic carbocycles. The van der Waals surface area contributed by atoms with Crippen LogP contribution in [0.3, 0.4) is 0 Å². The molecule has 0 saturated carbocycles. The molecule has 2 nitrogen and oxygen atoms in total. The maximum Gasteiger partial charge on any atom is 0.416 e. The third kappa shape index (κ3) is 2.71. The summed E-state index contributed by atoms with van der Waals surface area (Å²) in [4.78, 5) is 0.